The van der Waals surface area contributed by atoms with Crippen LogP contribution in [0, 0.1) is 0 Å². The number of amides is 1. The van der Waals surface area contributed by atoms with Crippen molar-refractivity contribution in [2.75, 3.05) is 17.2 Å². The molecule has 0 aromatic heterocycles. The Morgan fingerprint density at radius 1 is 0.923 bits per heavy atom. The van der Waals surface area contributed by atoms with Gasteiger partial charge in [-0.3, -0.25) is 5.32 Å². The Morgan fingerprint density at radius 3 is 2.10 bits per heavy atom. The molecule has 1 heterocycles. The van der Waals surface area contributed by atoms with Crippen LogP contribution in [0.4, 0.5) is 16.2 Å². The second kappa shape index (κ2) is 9.97. The Balaban J connectivity index is 1.33. The number of nitrogens with one attached hydrogen (secondary N) is 2. The van der Waals surface area contributed by atoms with Crippen LogP contribution in [0.1, 0.15) is 41.3 Å². The van der Waals surface area contributed by atoms with E-state index in [-0.39, 0.29) is 29.5 Å². The van der Waals surface area contributed by atoms with Gasteiger partial charge in [-0.1, -0.05) is 48.5 Å². The smallest absolute Gasteiger partial charge is 0.411 e. The molecule has 0 radical (unpaired) electrons. The number of anilines is 2. The van der Waals surface area contributed by atoms with E-state index in [4.69, 9.17) is 14.2 Å². The maximum Gasteiger partial charge on any atom is 0.411 e. The number of carbonyl (C=O) groups is 4. The summed E-state index contributed by atoms with van der Waals surface area (Å²) in [7, 11) is 0. The second-order valence-corrected chi connectivity index (χ2v) is 9.40. The summed E-state index contributed by atoms with van der Waals surface area (Å²) >= 11 is 0. The third-order valence-corrected chi connectivity index (χ3v) is 6.34. The standard InChI is InChI=1S/C29H24N2O8/c1-29(2)38-26(34)21(27(35)39-29)14-30-23-12-11-16(25(32)33)13-24(23)31-28(36)37-15-22-19-9-5-3-7-17(19)18-8-4-6-10-20(18)22/h3-14,22,30H,15H2,1-2H3,(H,31,36)(H,32,33). The predicted molar refractivity (Wildman–Crippen MR) is 140 cm³/mol. The number of hydrogen-bond donors (Lipinski definition) is 3. The van der Waals surface area contributed by atoms with E-state index in [9.17, 15) is 24.3 Å². The van der Waals surface area contributed by atoms with Gasteiger partial charge in [0.2, 0.25) is 0 Å². The van der Waals surface area contributed by atoms with Crippen LogP contribution >= 0.6 is 0 Å². The first-order valence-electron chi connectivity index (χ1n) is 12.1. The molecule has 3 aromatic carbocycles. The van der Waals surface area contributed by atoms with Crippen LogP contribution in [0.3, 0.4) is 0 Å². The summed E-state index contributed by atoms with van der Waals surface area (Å²) in [6.07, 6.45) is 0.256. The zero-order valence-corrected chi connectivity index (χ0v) is 21.0. The number of carboxylic acid groups (broad SMARTS) is 1. The summed E-state index contributed by atoms with van der Waals surface area (Å²) in [5, 5.41) is 14.7. The van der Waals surface area contributed by atoms with Crippen LogP contribution in [0.5, 0.6) is 0 Å². The lowest BCUT2D eigenvalue weighted by Crippen LogP contribution is -2.42. The van der Waals surface area contributed by atoms with Crippen molar-refractivity contribution in [3.63, 3.8) is 0 Å². The van der Waals surface area contributed by atoms with Gasteiger partial charge in [-0.05, 0) is 40.5 Å². The first kappa shape index (κ1) is 25.5. The molecular weight excluding hydrogens is 504 g/mol. The first-order chi connectivity index (χ1) is 18.6. The van der Waals surface area contributed by atoms with Crippen molar-refractivity contribution in [1.29, 1.82) is 0 Å². The van der Waals surface area contributed by atoms with E-state index < -0.39 is 35.4 Å². The van der Waals surface area contributed by atoms with Gasteiger partial charge in [-0.15, -0.1) is 0 Å². The highest BCUT2D eigenvalue weighted by atomic mass is 16.7. The summed E-state index contributed by atoms with van der Waals surface area (Å²) in [5.41, 5.74) is 4.01. The molecule has 198 valence electrons. The quantitative estimate of drug-likeness (QED) is 0.232. The Labute approximate surface area is 223 Å². The normalized spacial score (nSPS) is 15.4. The molecular formula is C29H24N2O8. The number of cyclic esters (lactones) is 2. The molecule has 1 amide bonds. The molecule has 39 heavy (non-hydrogen) atoms. The molecule has 3 N–H and O–H groups in total. The zero-order chi connectivity index (χ0) is 27.7. The molecule has 0 atom stereocenters. The molecule has 0 saturated carbocycles. The molecule has 5 rings (SSSR count). The second-order valence-electron chi connectivity index (χ2n) is 9.40. The molecule has 3 aromatic rings. The number of carboxylic acids is 1. The Kier molecular flexibility index (Phi) is 6.53. The molecule has 1 saturated heterocycles. The summed E-state index contributed by atoms with van der Waals surface area (Å²) in [5.74, 6) is -4.56. The van der Waals surface area contributed by atoms with Gasteiger partial charge in [0, 0.05) is 26.0 Å². The minimum absolute atomic E-state index is 0.0543. The topological polar surface area (TPSA) is 140 Å². The Bertz CT molecular complexity index is 1470. The molecule has 10 heteroatoms. The lowest BCUT2D eigenvalue weighted by molar-refractivity contribution is -0.222. The van der Waals surface area contributed by atoms with E-state index in [1.54, 1.807) is 0 Å². The Morgan fingerprint density at radius 2 is 1.51 bits per heavy atom. The molecule has 0 bridgehead atoms. The molecule has 0 spiro atoms. The molecule has 2 aliphatic rings. The third-order valence-electron chi connectivity index (χ3n) is 6.34. The number of carbonyl (C=O) groups excluding carboxylic acids is 3. The van der Waals surface area contributed by atoms with Crippen molar-refractivity contribution in [1.82, 2.24) is 0 Å². The first-order valence-corrected chi connectivity index (χ1v) is 12.1. The van der Waals surface area contributed by atoms with Gasteiger partial charge in [0.1, 0.15) is 6.61 Å². The number of rotatable bonds is 6. The number of esters is 2. The molecule has 1 aliphatic carbocycles. The summed E-state index contributed by atoms with van der Waals surface area (Å²) in [6, 6.07) is 19.7. The van der Waals surface area contributed by atoms with E-state index in [1.165, 1.54) is 32.0 Å². The SMILES string of the molecule is CC1(C)OC(=O)C(=CNc2ccc(C(=O)O)cc2NC(=O)OCC2c3ccccc3-c3ccccc32)C(=O)O1. The Hall–Kier alpha value is -5.12. The number of aromatic carboxylic acids is 1. The minimum Gasteiger partial charge on any atom is -0.478 e. The van der Waals surface area contributed by atoms with Crippen LogP contribution in [0.25, 0.3) is 11.1 Å². The maximum absolute atomic E-state index is 12.8. The third kappa shape index (κ3) is 5.17. The summed E-state index contributed by atoms with van der Waals surface area (Å²) < 4.78 is 15.7. The predicted octanol–water partition coefficient (Wildman–Crippen LogP) is 4.88. The van der Waals surface area contributed by atoms with Gasteiger partial charge in [0.25, 0.3) is 5.79 Å². The lowest BCUT2D eigenvalue weighted by Gasteiger charge is -2.29. The number of benzene rings is 3. The van der Waals surface area contributed by atoms with Crippen LogP contribution in [0.15, 0.2) is 78.5 Å². The van der Waals surface area contributed by atoms with E-state index >= 15 is 0 Å². The number of ether oxygens (including phenoxy) is 3. The van der Waals surface area contributed by atoms with Crippen molar-refractivity contribution in [3.8, 4) is 11.1 Å². The summed E-state index contributed by atoms with van der Waals surface area (Å²) in [4.78, 5) is 48.8. The van der Waals surface area contributed by atoms with Crippen molar-refractivity contribution in [2.24, 2.45) is 0 Å². The van der Waals surface area contributed by atoms with Gasteiger partial charge < -0.3 is 24.6 Å². The lowest BCUT2D eigenvalue weighted by atomic mass is 9.98. The van der Waals surface area contributed by atoms with E-state index in [1.807, 2.05) is 48.5 Å². The fourth-order valence-corrected chi connectivity index (χ4v) is 4.58. The van der Waals surface area contributed by atoms with Gasteiger partial charge in [0.05, 0.1) is 16.9 Å². The monoisotopic (exact) mass is 528 g/mol. The highest BCUT2D eigenvalue weighted by Crippen LogP contribution is 2.44. The van der Waals surface area contributed by atoms with E-state index in [0.717, 1.165) is 28.5 Å². The van der Waals surface area contributed by atoms with Crippen molar-refractivity contribution >= 4 is 35.4 Å². The highest BCUT2D eigenvalue weighted by Gasteiger charge is 2.39. The number of hydrogen-bond acceptors (Lipinski definition) is 8. The van der Waals surface area contributed by atoms with Gasteiger partial charge >= 0.3 is 24.0 Å². The number of fused-ring (bicyclic) bond motifs is 3. The highest BCUT2D eigenvalue weighted by molar-refractivity contribution is 6.15. The average molecular weight is 529 g/mol. The largest absolute Gasteiger partial charge is 0.478 e. The fraction of sp³-hybridized carbons (Fsp3) is 0.172. The van der Waals surface area contributed by atoms with Crippen molar-refractivity contribution in [2.45, 2.75) is 25.6 Å². The molecule has 10 nitrogen and oxygen atoms in total. The maximum atomic E-state index is 12.8. The molecule has 0 unspecified atom stereocenters. The van der Waals surface area contributed by atoms with Crippen molar-refractivity contribution in [3.05, 3.63) is 95.2 Å². The minimum atomic E-state index is -1.40. The van der Waals surface area contributed by atoms with Crippen LogP contribution < -0.4 is 10.6 Å². The molecule has 1 fully saturated rings. The van der Waals surface area contributed by atoms with E-state index in [2.05, 4.69) is 10.6 Å². The van der Waals surface area contributed by atoms with Gasteiger partial charge in [0.15, 0.2) is 5.57 Å². The van der Waals surface area contributed by atoms with Gasteiger partial charge in [-0.2, -0.15) is 0 Å². The van der Waals surface area contributed by atoms with Gasteiger partial charge in [-0.25, -0.2) is 19.2 Å². The van der Waals surface area contributed by atoms with Crippen LogP contribution in [0.2, 0.25) is 0 Å². The van der Waals surface area contributed by atoms with Crippen LogP contribution in [-0.2, 0) is 23.8 Å². The van der Waals surface area contributed by atoms with Crippen LogP contribution in [-0.4, -0.2) is 41.5 Å². The average Bonchev–Trinajstić information content (AvgIpc) is 3.20. The summed E-state index contributed by atoms with van der Waals surface area (Å²) in [6.45, 7) is 2.90. The van der Waals surface area contributed by atoms with Crippen molar-refractivity contribution < 1.29 is 38.5 Å². The zero-order valence-electron chi connectivity index (χ0n) is 21.0. The fourth-order valence-electron chi connectivity index (χ4n) is 4.58. The van der Waals surface area contributed by atoms with E-state index in [0.29, 0.717) is 0 Å². The molecule has 1 aliphatic heterocycles.